The third-order valence-electron chi connectivity index (χ3n) is 1.26. The molecule has 0 bridgehead atoms. The van der Waals surface area contributed by atoms with Gasteiger partial charge in [-0.3, -0.25) is 0 Å². The van der Waals surface area contributed by atoms with Crippen LogP contribution < -0.4 is 11.1 Å². The van der Waals surface area contributed by atoms with Gasteiger partial charge in [0.1, 0.15) is 17.2 Å². The molecule has 0 fully saturated rings. The summed E-state index contributed by atoms with van der Waals surface area (Å²) < 4.78 is 0.806. The van der Waals surface area contributed by atoms with E-state index in [0.717, 1.165) is 4.48 Å². The van der Waals surface area contributed by atoms with Crippen molar-refractivity contribution in [3.63, 3.8) is 0 Å². The van der Waals surface area contributed by atoms with Crippen molar-refractivity contribution in [1.82, 2.24) is 9.97 Å². The number of rotatable bonds is 3. The average molecular weight is 264 g/mol. The van der Waals surface area contributed by atoms with Crippen molar-refractivity contribution in [2.24, 2.45) is 0 Å². The molecule has 0 saturated heterocycles. The molecule has 0 unspecified atom stereocenters. The maximum absolute atomic E-state index is 5.82. The van der Waals surface area contributed by atoms with Gasteiger partial charge in [-0.2, -0.15) is 0 Å². The molecule has 6 heteroatoms. The molecule has 0 saturated carbocycles. The van der Waals surface area contributed by atoms with Gasteiger partial charge in [0, 0.05) is 11.0 Å². The average Bonchev–Trinajstić information content (AvgIpc) is 2.07. The Bertz CT molecular complexity index is 328. The summed E-state index contributed by atoms with van der Waals surface area (Å²) in [6.45, 7) is 4.20. The smallest absolute Gasteiger partial charge is 0.150 e. The second kappa shape index (κ2) is 4.43. The molecule has 0 amide bonds. The van der Waals surface area contributed by atoms with Crippen molar-refractivity contribution in [3.8, 4) is 0 Å². The van der Waals surface area contributed by atoms with E-state index >= 15 is 0 Å². The molecule has 3 N–H and O–H groups in total. The van der Waals surface area contributed by atoms with Crippen molar-refractivity contribution in [1.29, 1.82) is 0 Å². The van der Waals surface area contributed by atoms with Crippen LogP contribution in [0.25, 0.3) is 0 Å². The number of aromatic nitrogens is 2. The van der Waals surface area contributed by atoms with Gasteiger partial charge in [0.15, 0.2) is 5.82 Å². The third kappa shape index (κ3) is 2.86. The van der Waals surface area contributed by atoms with Crippen molar-refractivity contribution in [3.05, 3.63) is 22.4 Å². The number of halogens is 2. The summed E-state index contributed by atoms with van der Waals surface area (Å²) in [7, 11) is 0. The number of hydrogen-bond donors (Lipinski definition) is 2. The molecular formula is C7H8BrClN4. The monoisotopic (exact) mass is 262 g/mol. The Morgan fingerprint density at radius 2 is 2.38 bits per heavy atom. The zero-order valence-electron chi connectivity index (χ0n) is 6.72. The highest BCUT2D eigenvalue weighted by Crippen LogP contribution is 2.23. The molecule has 1 aromatic heterocycles. The third-order valence-corrected chi connectivity index (χ3v) is 1.92. The molecule has 4 nitrogen and oxygen atoms in total. The Kier molecular flexibility index (Phi) is 3.50. The number of nitrogen functional groups attached to an aromatic ring is 1. The molecule has 0 aliphatic rings. The van der Waals surface area contributed by atoms with E-state index in [2.05, 4.69) is 37.8 Å². The van der Waals surface area contributed by atoms with Gasteiger partial charge in [0.2, 0.25) is 0 Å². The zero-order chi connectivity index (χ0) is 9.84. The zero-order valence-corrected chi connectivity index (χ0v) is 9.06. The maximum atomic E-state index is 5.82. The molecule has 0 atom stereocenters. The van der Waals surface area contributed by atoms with Gasteiger partial charge in [-0.15, -0.1) is 0 Å². The summed E-state index contributed by atoms with van der Waals surface area (Å²) >= 11 is 9.02. The van der Waals surface area contributed by atoms with Crippen LogP contribution in [0.15, 0.2) is 17.4 Å². The topological polar surface area (TPSA) is 63.8 Å². The SMILES string of the molecule is C=C(Br)CNc1ncnc(N)c1Cl. The Morgan fingerprint density at radius 3 is 3.00 bits per heavy atom. The van der Waals surface area contributed by atoms with E-state index in [9.17, 15) is 0 Å². The van der Waals surface area contributed by atoms with E-state index in [-0.39, 0.29) is 5.82 Å². The molecule has 1 aromatic rings. The van der Waals surface area contributed by atoms with Crippen LogP contribution in [0, 0.1) is 0 Å². The first kappa shape index (κ1) is 10.3. The summed E-state index contributed by atoms with van der Waals surface area (Å²) in [5, 5.41) is 3.27. The summed E-state index contributed by atoms with van der Waals surface area (Å²) in [5.74, 6) is 0.772. The molecule has 13 heavy (non-hydrogen) atoms. The van der Waals surface area contributed by atoms with Gasteiger partial charge in [-0.05, 0) is 0 Å². The van der Waals surface area contributed by atoms with Crippen molar-refractivity contribution in [2.45, 2.75) is 0 Å². The minimum Gasteiger partial charge on any atom is -0.382 e. The van der Waals surface area contributed by atoms with Gasteiger partial charge in [-0.1, -0.05) is 34.1 Å². The second-order valence-electron chi connectivity index (χ2n) is 2.29. The lowest BCUT2D eigenvalue weighted by atomic mass is 10.5. The van der Waals surface area contributed by atoms with Gasteiger partial charge >= 0.3 is 0 Å². The lowest BCUT2D eigenvalue weighted by molar-refractivity contribution is 1.14. The number of anilines is 2. The lowest BCUT2D eigenvalue weighted by Crippen LogP contribution is -2.05. The first-order chi connectivity index (χ1) is 6.11. The minimum atomic E-state index is 0.263. The predicted molar refractivity (Wildman–Crippen MR) is 58.0 cm³/mol. The van der Waals surface area contributed by atoms with E-state index in [1.54, 1.807) is 0 Å². The fourth-order valence-electron chi connectivity index (χ4n) is 0.686. The molecular weight excluding hydrogens is 255 g/mol. The summed E-state index contributed by atoms with van der Waals surface area (Å²) in [5.41, 5.74) is 5.47. The summed E-state index contributed by atoms with van der Waals surface area (Å²) in [4.78, 5) is 7.64. The first-order valence-corrected chi connectivity index (χ1v) is 4.61. The molecule has 0 aromatic carbocycles. The lowest BCUT2D eigenvalue weighted by Gasteiger charge is -2.06. The molecule has 0 spiro atoms. The van der Waals surface area contributed by atoms with Gasteiger partial charge in [-0.25, -0.2) is 9.97 Å². The van der Waals surface area contributed by atoms with Crippen molar-refractivity contribution in [2.75, 3.05) is 17.6 Å². The molecule has 0 aliphatic heterocycles. The van der Waals surface area contributed by atoms with Crippen LogP contribution in [0.4, 0.5) is 11.6 Å². The fourth-order valence-corrected chi connectivity index (χ4v) is 0.991. The number of nitrogens with zero attached hydrogens (tertiary/aromatic N) is 2. The van der Waals surface area contributed by atoms with Gasteiger partial charge < -0.3 is 11.1 Å². The summed E-state index contributed by atoms with van der Waals surface area (Å²) in [6.07, 6.45) is 1.35. The number of nitrogens with two attached hydrogens (primary N) is 1. The maximum Gasteiger partial charge on any atom is 0.150 e. The molecule has 1 rings (SSSR count). The highest BCUT2D eigenvalue weighted by molar-refractivity contribution is 9.11. The predicted octanol–water partition coefficient (Wildman–Crippen LogP) is 2.03. The van der Waals surface area contributed by atoms with Crippen LogP contribution in [-0.2, 0) is 0 Å². The van der Waals surface area contributed by atoms with Crippen LogP contribution in [0.5, 0.6) is 0 Å². The number of nitrogens with one attached hydrogen (secondary N) is 1. The standard InChI is InChI=1S/C7H8BrClN4/c1-4(8)2-11-7-5(9)6(10)12-3-13-7/h3H,1-2H2,(H3,10,11,12,13). The van der Waals surface area contributed by atoms with E-state index in [0.29, 0.717) is 17.4 Å². The van der Waals surface area contributed by atoms with Crippen LogP contribution >= 0.6 is 27.5 Å². The molecule has 0 radical (unpaired) electrons. The highest BCUT2D eigenvalue weighted by Gasteiger charge is 2.04. The minimum absolute atomic E-state index is 0.263. The Morgan fingerprint density at radius 1 is 1.69 bits per heavy atom. The Labute approximate surface area is 89.3 Å². The first-order valence-electron chi connectivity index (χ1n) is 3.44. The van der Waals surface area contributed by atoms with Crippen molar-refractivity contribution < 1.29 is 0 Å². The fraction of sp³-hybridized carbons (Fsp3) is 0.143. The normalized spacial score (nSPS) is 9.69. The summed E-state index contributed by atoms with van der Waals surface area (Å²) in [6, 6.07) is 0. The van der Waals surface area contributed by atoms with E-state index < -0.39 is 0 Å². The Balaban J connectivity index is 2.77. The van der Waals surface area contributed by atoms with Gasteiger partial charge in [0.25, 0.3) is 0 Å². The van der Waals surface area contributed by atoms with Crippen molar-refractivity contribution >= 4 is 39.2 Å². The molecule has 1 heterocycles. The van der Waals surface area contributed by atoms with Gasteiger partial charge in [0.05, 0.1) is 0 Å². The van der Waals surface area contributed by atoms with Crippen LogP contribution in [0.2, 0.25) is 5.02 Å². The quantitative estimate of drug-likeness (QED) is 0.876. The van der Waals surface area contributed by atoms with E-state index in [1.165, 1.54) is 6.33 Å². The van der Waals surface area contributed by atoms with Crippen LogP contribution in [0.1, 0.15) is 0 Å². The van der Waals surface area contributed by atoms with Crippen LogP contribution in [0.3, 0.4) is 0 Å². The Hall–Kier alpha value is -0.810. The van der Waals surface area contributed by atoms with E-state index in [4.69, 9.17) is 17.3 Å². The highest BCUT2D eigenvalue weighted by atomic mass is 79.9. The second-order valence-corrected chi connectivity index (χ2v) is 3.79. The van der Waals surface area contributed by atoms with E-state index in [1.807, 2.05) is 0 Å². The number of hydrogen-bond acceptors (Lipinski definition) is 4. The molecule has 70 valence electrons. The largest absolute Gasteiger partial charge is 0.382 e. The van der Waals surface area contributed by atoms with Crippen LogP contribution in [-0.4, -0.2) is 16.5 Å². The molecule has 0 aliphatic carbocycles.